The lowest BCUT2D eigenvalue weighted by Crippen LogP contribution is -2.43. The van der Waals surface area contributed by atoms with Gasteiger partial charge in [0.2, 0.25) is 5.91 Å². The van der Waals surface area contributed by atoms with Crippen molar-refractivity contribution in [1.29, 1.82) is 0 Å². The van der Waals surface area contributed by atoms with Gasteiger partial charge in [0.25, 0.3) is 0 Å². The van der Waals surface area contributed by atoms with Crippen LogP contribution >= 0.6 is 0 Å². The highest BCUT2D eigenvalue weighted by Gasteiger charge is 2.13. The molecule has 0 aromatic carbocycles. The number of rotatable bonds is 3. The molecule has 0 spiro atoms. The number of aromatic nitrogens is 2. The molecule has 0 atom stereocenters. The second-order valence-electron chi connectivity index (χ2n) is 4.55. The summed E-state index contributed by atoms with van der Waals surface area (Å²) in [5.74, 6) is -0.0219. The molecule has 0 aliphatic heterocycles. The first-order chi connectivity index (χ1) is 6.87. The van der Waals surface area contributed by atoms with E-state index in [9.17, 15) is 4.79 Å². The molecule has 84 valence electrons. The minimum absolute atomic E-state index is 0.0219. The highest BCUT2D eigenvalue weighted by Crippen LogP contribution is 2.03. The average molecular weight is 210 g/mol. The summed E-state index contributed by atoms with van der Waals surface area (Å²) in [5.41, 5.74) is 0.662. The van der Waals surface area contributed by atoms with Crippen LogP contribution in [0.2, 0.25) is 0 Å². The Balaban J connectivity index is 2.35. The first kappa shape index (κ1) is 11.6. The van der Waals surface area contributed by atoms with Crippen LogP contribution in [0, 0.1) is 0 Å². The molecule has 5 nitrogen and oxygen atoms in total. The summed E-state index contributed by atoms with van der Waals surface area (Å²) in [6, 6.07) is 0. The fourth-order valence-corrected chi connectivity index (χ4v) is 1.16. The number of hydrogen-bond donors (Lipinski definition) is 2. The molecule has 0 saturated carbocycles. The second kappa shape index (κ2) is 4.33. The van der Waals surface area contributed by atoms with Gasteiger partial charge in [-0.1, -0.05) is 0 Å². The van der Waals surface area contributed by atoms with Crippen molar-refractivity contribution in [3.63, 3.8) is 0 Å². The Hall–Kier alpha value is -1.52. The van der Waals surface area contributed by atoms with Crippen molar-refractivity contribution in [3.05, 3.63) is 12.4 Å². The predicted octanol–water partition coefficient (Wildman–Crippen LogP) is 0.747. The number of amides is 1. The number of aryl methyl sites for hydroxylation is 1. The Morgan fingerprint density at radius 1 is 1.53 bits per heavy atom. The minimum Gasteiger partial charge on any atom is -0.374 e. The maximum absolute atomic E-state index is 11.4. The zero-order chi connectivity index (χ0) is 11.5. The van der Waals surface area contributed by atoms with Gasteiger partial charge in [0.15, 0.2) is 0 Å². The van der Waals surface area contributed by atoms with E-state index in [2.05, 4.69) is 15.7 Å². The maximum atomic E-state index is 11.4. The molecular formula is C10H18N4O. The zero-order valence-corrected chi connectivity index (χ0v) is 9.66. The van der Waals surface area contributed by atoms with Crippen LogP contribution in [0.25, 0.3) is 0 Å². The fraction of sp³-hybridized carbons (Fsp3) is 0.600. The van der Waals surface area contributed by atoms with Gasteiger partial charge in [-0.05, 0) is 20.8 Å². The monoisotopic (exact) mass is 210 g/mol. The number of anilines is 1. The van der Waals surface area contributed by atoms with Crippen LogP contribution in [0.3, 0.4) is 0 Å². The van der Waals surface area contributed by atoms with Crippen molar-refractivity contribution < 1.29 is 4.79 Å². The molecule has 1 aromatic rings. The molecule has 15 heavy (non-hydrogen) atoms. The third kappa shape index (κ3) is 4.49. The minimum atomic E-state index is -0.187. The topological polar surface area (TPSA) is 59.0 Å². The SMILES string of the molecule is Cn1cc(NCC(=O)NC(C)(C)C)cn1. The van der Waals surface area contributed by atoms with Gasteiger partial charge in [-0.15, -0.1) is 0 Å². The summed E-state index contributed by atoms with van der Waals surface area (Å²) < 4.78 is 1.68. The maximum Gasteiger partial charge on any atom is 0.239 e. The third-order valence-electron chi connectivity index (χ3n) is 1.67. The van der Waals surface area contributed by atoms with Crippen molar-refractivity contribution in [3.8, 4) is 0 Å². The molecule has 0 fully saturated rings. The van der Waals surface area contributed by atoms with E-state index in [-0.39, 0.29) is 18.0 Å². The molecule has 1 heterocycles. The second-order valence-corrected chi connectivity index (χ2v) is 4.55. The van der Waals surface area contributed by atoms with Crippen molar-refractivity contribution in [2.45, 2.75) is 26.3 Å². The van der Waals surface area contributed by atoms with Crippen molar-refractivity contribution in [2.75, 3.05) is 11.9 Å². The Bertz CT molecular complexity index is 337. The first-order valence-electron chi connectivity index (χ1n) is 4.90. The van der Waals surface area contributed by atoms with Crippen LogP contribution in [-0.2, 0) is 11.8 Å². The predicted molar refractivity (Wildman–Crippen MR) is 59.6 cm³/mol. The number of hydrogen-bond acceptors (Lipinski definition) is 3. The van der Waals surface area contributed by atoms with E-state index >= 15 is 0 Å². The third-order valence-corrected chi connectivity index (χ3v) is 1.67. The first-order valence-corrected chi connectivity index (χ1v) is 4.90. The van der Waals surface area contributed by atoms with Gasteiger partial charge in [0.1, 0.15) is 0 Å². The van der Waals surface area contributed by atoms with Gasteiger partial charge in [0, 0.05) is 18.8 Å². The summed E-state index contributed by atoms with van der Waals surface area (Å²) in [4.78, 5) is 11.4. The number of nitrogens with one attached hydrogen (secondary N) is 2. The molecule has 5 heteroatoms. The van der Waals surface area contributed by atoms with E-state index in [1.54, 1.807) is 10.9 Å². The smallest absolute Gasteiger partial charge is 0.239 e. The van der Waals surface area contributed by atoms with Gasteiger partial charge >= 0.3 is 0 Å². The van der Waals surface area contributed by atoms with Gasteiger partial charge in [-0.3, -0.25) is 9.48 Å². The fourth-order valence-electron chi connectivity index (χ4n) is 1.16. The molecule has 0 bridgehead atoms. The Labute approximate surface area is 89.9 Å². The van der Waals surface area contributed by atoms with E-state index < -0.39 is 0 Å². The summed E-state index contributed by atoms with van der Waals surface area (Å²) in [5, 5.41) is 9.85. The summed E-state index contributed by atoms with van der Waals surface area (Å²) in [6.07, 6.45) is 3.51. The Morgan fingerprint density at radius 2 is 2.20 bits per heavy atom. The lowest BCUT2D eigenvalue weighted by Gasteiger charge is -2.20. The van der Waals surface area contributed by atoms with Crippen molar-refractivity contribution in [2.24, 2.45) is 7.05 Å². The lowest BCUT2D eigenvalue weighted by molar-refractivity contribution is -0.120. The largest absolute Gasteiger partial charge is 0.374 e. The van der Waals surface area contributed by atoms with E-state index in [0.717, 1.165) is 5.69 Å². The quantitative estimate of drug-likeness (QED) is 0.774. The standard InChI is InChI=1S/C10H18N4O/c1-10(2,3)13-9(15)6-11-8-5-12-14(4)7-8/h5,7,11H,6H2,1-4H3,(H,13,15). The molecule has 0 saturated heterocycles. The zero-order valence-electron chi connectivity index (χ0n) is 9.66. The summed E-state index contributed by atoms with van der Waals surface area (Å²) in [6.45, 7) is 6.13. The average Bonchev–Trinajstić information content (AvgIpc) is 2.45. The molecule has 1 rings (SSSR count). The van der Waals surface area contributed by atoms with Crippen LogP contribution in [0.5, 0.6) is 0 Å². The van der Waals surface area contributed by atoms with Gasteiger partial charge in [-0.25, -0.2) is 0 Å². The molecular weight excluding hydrogens is 192 g/mol. The van der Waals surface area contributed by atoms with Crippen molar-refractivity contribution in [1.82, 2.24) is 15.1 Å². The number of carbonyl (C=O) groups excluding carboxylic acids is 1. The molecule has 0 aliphatic carbocycles. The molecule has 0 radical (unpaired) electrons. The summed E-state index contributed by atoms with van der Waals surface area (Å²) >= 11 is 0. The van der Waals surface area contributed by atoms with Gasteiger partial charge in [0.05, 0.1) is 18.4 Å². The van der Waals surface area contributed by atoms with E-state index in [0.29, 0.717) is 0 Å². The van der Waals surface area contributed by atoms with E-state index in [1.165, 1.54) is 0 Å². The van der Waals surface area contributed by atoms with Gasteiger partial charge < -0.3 is 10.6 Å². The van der Waals surface area contributed by atoms with Crippen LogP contribution in [0.15, 0.2) is 12.4 Å². The molecule has 0 unspecified atom stereocenters. The van der Waals surface area contributed by atoms with Gasteiger partial charge in [-0.2, -0.15) is 5.10 Å². The Morgan fingerprint density at radius 3 is 2.67 bits per heavy atom. The normalized spacial score (nSPS) is 11.2. The van der Waals surface area contributed by atoms with Crippen LogP contribution in [0.4, 0.5) is 5.69 Å². The van der Waals surface area contributed by atoms with Crippen LogP contribution < -0.4 is 10.6 Å². The molecule has 1 aromatic heterocycles. The van der Waals surface area contributed by atoms with Crippen LogP contribution in [-0.4, -0.2) is 27.8 Å². The molecule has 2 N–H and O–H groups in total. The number of nitrogens with zero attached hydrogens (tertiary/aromatic N) is 2. The highest BCUT2D eigenvalue weighted by atomic mass is 16.2. The van der Waals surface area contributed by atoms with Crippen LogP contribution in [0.1, 0.15) is 20.8 Å². The lowest BCUT2D eigenvalue weighted by atomic mass is 10.1. The Kier molecular flexibility index (Phi) is 3.34. The summed E-state index contributed by atoms with van der Waals surface area (Å²) in [7, 11) is 1.83. The van der Waals surface area contributed by atoms with E-state index in [4.69, 9.17) is 0 Å². The highest BCUT2D eigenvalue weighted by molar-refractivity contribution is 5.81. The van der Waals surface area contributed by atoms with Crippen molar-refractivity contribution >= 4 is 11.6 Å². The van der Waals surface area contributed by atoms with E-state index in [1.807, 2.05) is 34.0 Å². The number of carbonyl (C=O) groups is 1. The molecule has 0 aliphatic rings. The molecule has 1 amide bonds.